The van der Waals surface area contributed by atoms with E-state index in [1.807, 2.05) is 25.1 Å². The van der Waals surface area contributed by atoms with Crippen LogP contribution in [-0.4, -0.2) is 15.1 Å². The molecule has 2 aromatic heterocycles. The van der Waals surface area contributed by atoms with Gasteiger partial charge in [0.2, 0.25) is 6.39 Å². The van der Waals surface area contributed by atoms with Gasteiger partial charge in [0, 0.05) is 12.2 Å². The number of hydrogen-bond donors (Lipinski definition) is 1. The summed E-state index contributed by atoms with van der Waals surface area (Å²) in [5.74, 6) is 0.655. The number of nitrogens with one attached hydrogen (secondary N) is 1. The van der Waals surface area contributed by atoms with Crippen molar-refractivity contribution in [1.29, 1.82) is 0 Å². The number of hydrogen-bond acceptors (Lipinski definition) is 5. The molecule has 0 aliphatic heterocycles. The summed E-state index contributed by atoms with van der Waals surface area (Å²) < 4.78 is 4.62. The highest BCUT2D eigenvalue weighted by molar-refractivity contribution is 5.09. The van der Waals surface area contributed by atoms with Crippen molar-refractivity contribution in [2.45, 2.75) is 20.0 Å². The molecule has 0 unspecified atom stereocenters. The molecule has 0 aliphatic carbocycles. The van der Waals surface area contributed by atoms with Crippen LogP contribution in [0.1, 0.15) is 17.2 Å². The summed E-state index contributed by atoms with van der Waals surface area (Å²) in [6.45, 7) is 3.27. The predicted molar refractivity (Wildman–Crippen MR) is 53.8 cm³/mol. The first-order valence-electron chi connectivity index (χ1n) is 4.73. The molecule has 5 heteroatoms. The molecular weight excluding hydrogens is 192 g/mol. The molecule has 1 N–H and O–H groups in total. The number of pyridine rings is 1. The lowest BCUT2D eigenvalue weighted by Gasteiger charge is -2.01. The number of aryl methyl sites for hydroxylation is 1. The third-order valence-electron chi connectivity index (χ3n) is 1.94. The second-order valence-corrected chi connectivity index (χ2v) is 3.22. The van der Waals surface area contributed by atoms with E-state index in [9.17, 15) is 0 Å². The third-order valence-corrected chi connectivity index (χ3v) is 1.94. The number of rotatable bonds is 4. The molecule has 2 heterocycles. The average Bonchev–Trinajstić information content (AvgIpc) is 2.71. The van der Waals surface area contributed by atoms with E-state index in [2.05, 4.69) is 25.0 Å². The van der Waals surface area contributed by atoms with E-state index in [-0.39, 0.29) is 0 Å². The van der Waals surface area contributed by atoms with Gasteiger partial charge in [-0.3, -0.25) is 4.98 Å². The smallest absolute Gasteiger partial charge is 0.213 e. The molecule has 78 valence electrons. The zero-order valence-corrected chi connectivity index (χ0v) is 8.47. The van der Waals surface area contributed by atoms with Crippen molar-refractivity contribution in [3.63, 3.8) is 0 Å². The quantitative estimate of drug-likeness (QED) is 0.806. The van der Waals surface area contributed by atoms with E-state index in [0.717, 1.165) is 11.4 Å². The van der Waals surface area contributed by atoms with Gasteiger partial charge in [0.1, 0.15) is 0 Å². The van der Waals surface area contributed by atoms with Gasteiger partial charge in [-0.05, 0) is 19.1 Å². The van der Waals surface area contributed by atoms with Crippen LogP contribution in [0.2, 0.25) is 0 Å². The Kier molecular flexibility index (Phi) is 3.04. The van der Waals surface area contributed by atoms with Crippen molar-refractivity contribution in [1.82, 2.24) is 20.4 Å². The highest BCUT2D eigenvalue weighted by Crippen LogP contribution is 1.97. The summed E-state index contributed by atoms with van der Waals surface area (Å²) in [6, 6.07) is 5.95. The highest BCUT2D eigenvalue weighted by Gasteiger charge is 1.98. The molecule has 0 fully saturated rings. The minimum Gasteiger partial charge on any atom is -0.343 e. The fourth-order valence-corrected chi connectivity index (χ4v) is 1.27. The molecule has 0 aromatic carbocycles. The third kappa shape index (κ3) is 2.85. The summed E-state index contributed by atoms with van der Waals surface area (Å²) in [5, 5.41) is 6.88. The summed E-state index contributed by atoms with van der Waals surface area (Å²) in [5.41, 5.74) is 2.03. The molecule has 5 nitrogen and oxygen atoms in total. The van der Waals surface area contributed by atoms with Crippen molar-refractivity contribution < 1.29 is 4.52 Å². The van der Waals surface area contributed by atoms with E-state index < -0.39 is 0 Å². The Morgan fingerprint density at radius 1 is 1.33 bits per heavy atom. The molecular formula is C10H12N4O. The molecule has 2 rings (SSSR count). The van der Waals surface area contributed by atoms with Crippen LogP contribution in [0.5, 0.6) is 0 Å². The maximum Gasteiger partial charge on any atom is 0.213 e. The number of nitrogens with zero attached hydrogens (tertiary/aromatic N) is 3. The Morgan fingerprint density at radius 2 is 2.27 bits per heavy atom. The van der Waals surface area contributed by atoms with Gasteiger partial charge >= 0.3 is 0 Å². The monoisotopic (exact) mass is 204 g/mol. The molecule has 0 aliphatic rings. The first-order valence-corrected chi connectivity index (χ1v) is 4.73. The topological polar surface area (TPSA) is 63.8 Å². The predicted octanol–water partition coefficient (Wildman–Crippen LogP) is 1.06. The molecule has 2 aromatic rings. The van der Waals surface area contributed by atoms with Gasteiger partial charge in [-0.1, -0.05) is 11.2 Å². The van der Waals surface area contributed by atoms with Crippen LogP contribution in [0.15, 0.2) is 29.1 Å². The van der Waals surface area contributed by atoms with Crippen molar-refractivity contribution in [2.75, 3.05) is 0 Å². The molecule has 0 bridgehead atoms. The molecule has 0 saturated carbocycles. The Hall–Kier alpha value is -1.75. The SMILES string of the molecule is Cc1cccc(CNCc2ncon2)n1. The zero-order valence-electron chi connectivity index (χ0n) is 8.47. The summed E-state index contributed by atoms with van der Waals surface area (Å²) >= 11 is 0. The van der Waals surface area contributed by atoms with Crippen molar-refractivity contribution in [3.8, 4) is 0 Å². The van der Waals surface area contributed by atoms with Gasteiger partial charge in [0.15, 0.2) is 5.82 Å². The van der Waals surface area contributed by atoms with Crippen LogP contribution < -0.4 is 5.32 Å². The van der Waals surface area contributed by atoms with E-state index in [4.69, 9.17) is 0 Å². The Morgan fingerprint density at radius 3 is 3.00 bits per heavy atom. The fraction of sp³-hybridized carbons (Fsp3) is 0.300. The highest BCUT2D eigenvalue weighted by atomic mass is 16.5. The first kappa shape index (κ1) is 9.79. The Labute approximate surface area is 87.5 Å². The minimum atomic E-state index is 0.589. The maximum absolute atomic E-state index is 4.62. The normalized spacial score (nSPS) is 10.5. The second kappa shape index (κ2) is 4.65. The molecule has 0 amide bonds. The van der Waals surface area contributed by atoms with Crippen LogP contribution in [0, 0.1) is 6.92 Å². The fourth-order valence-electron chi connectivity index (χ4n) is 1.27. The lowest BCUT2D eigenvalue weighted by atomic mass is 10.3. The van der Waals surface area contributed by atoms with Crippen LogP contribution in [0.4, 0.5) is 0 Å². The second-order valence-electron chi connectivity index (χ2n) is 3.22. The largest absolute Gasteiger partial charge is 0.343 e. The van der Waals surface area contributed by atoms with E-state index >= 15 is 0 Å². The van der Waals surface area contributed by atoms with Gasteiger partial charge in [-0.2, -0.15) is 4.98 Å². The van der Waals surface area contributed by atoms with Gasteiger partial charge in [0.25, 0.3) is 0 Å². The van der Waals surface area contributed by atoms with Crippen molar-refractivity contribution in [3.05, 3.63) is 41.8 Å². The molecule has 0 radical (unpaired) electrons. The lowest BCUT2D eigenvalue weighted by molar-refractivity contribution is 0.407. The van der Waals surface area contributed by atoms with Crippen LogP contribution >= 0.6 is 0 Å². The Balaban J connectivity index is 1.83. The molecule has 0 saturated heterocycles. The van der Waals surface area contributed by atoms with Crippen molar-refractivity contribution >= 4 is 0 Å². The van der Waals surface area contributed by atoms with Crippen LogP contribution in [0.25, 0.3) is 0 Å². The zero-order chi connectivity index (χ0) is 10.5. The Bertz CT molecular complexity index is 413. The van der Waals surface area contributed by atoms with Gasteiger partial charge < -0.3 is 9.84 Å². The van der Waals surface area contributed by atoms with Gasteiger partial charge in [-0.25, -0.2) is 0 Å². The summed E-state index contributed by atoms with van der Waals surface area (Å²) in [6.07, 6.45) is 1.32. The van der Waals surface area contributed by atoms with Gasteiger partial charge in [-0.15, -0.1) is 0 Å². The van der Waals surface area contributed by atoms with Crippen molar-refractivity contribution in [2.24, 2.45) is 0 Å². The molecule has 0 spiro atoms. The summed E-state index contributed by atoms with van der Waals surface area (Å²) in [7, 11) is 0. The molecule has 15 heavy (non-hydrogen) atoms. The van der Waals surface area contributed by atoms with E-state index in [1.54, 1.807) is 0 Å². The van der Waals surface area contributed by atoms with E-state index in [1.165, 1.54) is 6.39 Å². The maximum atomic E-state index is 4.62. The average molecular weight is 204 g/mol. The first-order chi connectivity index (χ1) is 7.34. The standard InChI is InChI=1S/C10H12N4O/c1-8-3-2-4-9(13-8)5-11-6-10-12-7-15-14-10/h2-4,7,11H,5-6H2,1H3. The minimum absolute atomic E-state index is 0.589. The lowest BCUT2D eigenvalue weighted by Crippen LogP contribution is -2.14. The molecule has 0 atom stereocenters. The van der Waals surface area contributed by atoms with E-state index in [0.29, 0.717) is 18.9 Å². The number of aromatic nitrogens is 3. The van der Waals surface area contributed by atoms with Crippen LogP contribution in [-0.2, 0) is 13.1 Å². The summed E-state index contributed by atoms with van der Waals surface area (Å²) in [4.78, 5) is 8.27. The van der Waals surface area contributed by atoms with Crippen LogP contribution in [0.3, 0.4) is 0 Å². The van der Waals surface area contributed by atoms with Gasteiger partial charge in [0.05, 0.1) is 12.2 Å².